The molecule has 7 aromatic rings. The van der Waals surface area contributed by atoms with Crippen molar-refractivity contribution in [1.82, 2.24) is 0 Å². The van der Waals surface area contributed by atoms with Crippen molar-refractivity contribution in [3.8, 4) is 0 Å². The molecule has 290 valence electrons. The lowest BCUT2D eigenvalue weighted by Gasteiger charge is -2.23. The van der Waals surface area contributed by atoms with Gasteiger partial charge in [0.05, 0.1) is 0 Å². The second-order valence-corrected chi connectivity index (χ2v) is 19.2. The highest BCUT2D eigenvalue weighted by Crippen LogP contribution is 2.21. The van der Waals surface area contributed by atoms with Crippen molar-refractivity contribution < 1.29 is 0 Å². The molecule has 58 heavy (non-hydrogen) atoms. The van der Waals surface area contributed by atoms with E-state index in [-0.39, 0.29) is 13.4 Å². The maximum absolute atomic E-state index is 2.35. The average molecular weight is 791 g/mol. The molecule has 0 saturated carbocycles. The zero-order valence-corrected chi connectivity index (χ0v) is 38.2. The summed E-state index contributed by atoms with van der Waals surface area (Å²) in [6.07, 6.45) is 9.05. The highest BCUT2D eigenvalue weighted by molar-refractivity contribution is 7.28. The van der Waals surface area contributed by atoms with Crippen molar-refractivity contribution >= 4 is 91.8 Å². The largest absolute Gasteiger partial charge is 0.255 e. The van der Waals surface area contributed by atoms with Crippen LogP contribution in [0.4, 0.5) is 0 Å². The van der Waals surface area contributed by atoms with Crippen molar-refractivity contribution in [2.24, 2.45) is 0 Å². The SMILES string of the molecule is Cc1cc(C)c(B(c2ccc(/C=C/c3ccc(/C=C/c4ccc(B(c5c(C)cc(C)cc5C)c5c(C)cc(C)cc5C)s4)cc3)s2)c2c(C)cc(C)cc2C)c(C)c1. The van der Waals surface area contributed by atoms with Gasteiger partial charge in [-0.2, -0.15) is 0 Å². The molecule has 0 atom stereocenters. The molecule has 4 heteroatoms. The van der Waals surface area contributed by atoms with Crippen LogP contribution in [0.25, 0.3) is 24.3 Å². The number of aryl methyl sites for hydroxylation is 12. The second kappa shape index (κ2) is 17.1. The molecule has 7 rings (SSSR count). The van der Waals surface area contributed by atoms with Gasteiger partial charge in [-0.1, -0.05) is 186 Å². The highest BCUT2D eigenvalue weighted by Gasteiger charge is 2.31. The van der Waals surface area contributed by atoms with Crippen molar-refractivity contribution in [2.75, 3.05) is 0 Å². The molecular formula is C54H56B2S2. The van der Waals surface area contributed by atoms with Crippen molar-refractivity contribution in [3.63, 3.8) is 0 Å². The predicted octanol–water partition coefficient (Wildman–Crippen LogP) is 10.9. The molecule has 2 heterocycles. The van der Waals surface area contributed by atoms with Crippen molar-refractivity contribution in [3.05, 3.63) is 185 Å². The Morgan fingerprint density at radius 3 is 0.793 bits per heavy atom. The van der Waals surface area contributed by atoms with Gasteiger partial charge in [-0.05, 0) is 128 Å². The molecule has 0 bridgehead atoms. The van der Waals surface area contributed by atoms with E-state index in [1.807, 2.05) is 22.7 Å². The van der Waals surface area contributed by atoms with Crippen LogP contribution in [0.5, 0.6) is 0 Å². The van der Waals surface area contributed by atoms with Gasteiger partial charge in [0.25, 0.3) is 13.4 Å². The fourth-order valence-electron chi connectivity index (χ4n) is 9.75. The highest BCUT2D eigenvalue weighted by atomic mass is 32.1. The lowest BCUT2D eigenvalue weighted by molar-refractivity contribution is 1.34. The molecule has 0 radical (unpaired) electrons. The predicted molar refractivity (Wildman–Crippen MR) is 265 cm³/mol. The first kappa shape index (κ1) is 41.3. The minimum atomic E-state index is 0.205. The summed E-state index contributed by atoms with van der Waals surface area (Å²) in [5.41, 5.74) is 24.4. The van der Waals surface area contributed by atoms with Crippen LogP contribution in [0.3, 0.4) is 0 Å². The van der Waals surface area contributed by atoms with Crippen LogP contribution in [0, 0.1) is 83.1 Å². The average Bonchev–Trinajstić information content (AvgIpc) is 3.81. The molecule has 0 spiro atoms. The number of hydrogen-bond acceptors (Lipinski definition) is 2. The molecule has 0 fully saturated rings. The summed E-state index contributed by atoms with van der Waals surface area (Å²) in [4.78, 5) is 2.54. The Hall–Kier alpha value is -4.89. The molecular weight excluding hydrogens is 734 g/mol. The van der Waals surface area contributed by atoms with Gasteiger partial charge in [-0.3, -0.25) is 0 Å². The number of rotatable bonds is 10. The first-order valence-electron chi connectivity index (χ1n) is 20.6. The third kappa shape index (κ3) is 8.75. The summed E-state index contributed by atoms with van der Waals surface area (Å²) in [6, 6.07) is 37.0. The van der Waals surface area contributed by atoms with Gasteiger partial charge in [0.15, 0.2) is 0 Å². The lowest BCUT2D eigenvalue weighted by Crippen LogP contribution is -2.54. The summed E-state index contributed by atoms with van der Waals surface area (Å²) in [7, 11) is 0. The van der Waals surface area contributed by atoms with E-state index in [1.54, 1.807) is 0 Å². The Balaban J connectivity index is 1.12. The van der Waals surface area contributed by atoms with Crippen LogP contribution in [0.2, 0.25) is 0 Å². The third-order valence-electron chi connectivity index (χ3n) is 11.8. The van der Waals surface area contributed by atoms with E-state index >= 15 is 0 Å². The van der Waals surface area contributed by atoms with Gasteiger partial charge >= 0.3 is 0 Å². The Morgan fingerprint density at radius 1 is 0.310 bits per heavy atom. The third-order valence-corrected chi connectivity index (χ3v) is 14.0. The standard InChI is InChI=1S/C54H56B2S2/c1-33-25-37(5)51(38(6)26-33)55(52-39(7)27-34(2)28-40(52)8)49-23-21-47(57-49)19-17-45-13-15-46(16-14-45)18-20-48-22-24-50(58-48)56(53-41(9)29-35(3)30-42(53)10)54-43(11)31-36(4)32-44(54)12/h13-32H,1-12H3/b19-17+,20-18+. The number of thiophene rings is 2. The topological polar surface area (TPSA) is 0 Å². The van der Waals surface area contributed by atoms with Gasteiger partial charge in [0.1, 0.15) is 0 Å². The Morgan fingerprint density at radius 2 is 0.552 bits per heavy atom. The van der Waals surface area contributed by atoms with E-state index in [0.717, 1.165) is 0 Å². The van der Waals surface area contributed by atoms with E-state index in [4.69, 9.17) is 0 Å². The van der Waals surface area contributed by atoms with Crippen LogP contribution >= 0.6 is 22.7 Å². The molecule has 0 nitrogen and oxygen atoms in total. The van der Waals surface area contributed by atoms with Crippen LogP contribution in [0.15, 0.2) is 97.1 Å². The molecule has 5 aromatic carbocycles. The molecule has 0 aliphatic carbocycles. The molecule has 0 unspecified atom stereocenters. The minimum Gasteiger partial charge on any atom is -0.150 e. The fraction of sp³-hybridized carbons (Fsp3) is 0.222. The number of hydrogen-bond donors (Lipinski definition) is 0. The zero-order chi connectivity index (χ0) is 41.4. The van der Waals surface area contributed by atoms with Gasteiger partial charge in [0.2, 0.25) is 0 Å². The molecule has 0 N–H and O–H groups in total. The summed E-state index contributed by atoms with van der Waals surface area (Å²) >= 11 is 3.82. The van der Waals surface area contributed by atoms with E-state index in [2.05, 4.69) is 204 Å². The first-order valence-corrected chi connectivity index (χ1v) is 22.3. The first-order chi connectivity index (χ1) is 27.7. The Labute approximate surface area is 357 Å². The van der Waals surface area contributed by atoms with Crippen LogP contribution < -0.4 is 31.4 Å². The van der Waals surface area contributed by atoms with Gasteiger partial charge in [0, 0.05) is 9.75 Å². The normalized spacial score (nSPS) is 11.7. The van der Waals surface area contributed by atoms with E-state index in [1.165, 1.54) is 119 Å². The van der Waals surface area contributed by atoms with E-state index in [9.17, 15) is 0 Å². The van der Waals surface area contributed by atoms with E-state index < -0.39 is 0 Å². The molecule has 2 aromatic heterocycles. The number of benzene rings is 5. The zero-order valence-electron chi connectivity index (χ0n) is 36.5. The van der Waals surface area contributed by atoms with Gasteiger partial charge in [-0.25, -0.2) is 0 Å². The maximum atomic E-state index is 2.35. The second-order valence-electron chi connectivity index (χ2n) is 16.9. The molecule has 0 aliphatic heterocycles. The quantitative estimate of drug-likeness (QED) is 0.121. The summed E-state index contributed by atoms with van der Waals surface area (Å²) in [5.74, 6) is 0. The maximum Gasteiger partial charge on any atom is 0.255 e. The summed E-state index contributed by atoms with van der Waals surface area (Å²) in [6.45, 7) is 27.5. The van der Waals surface area contributed by atoms with Crippen molar-refractivity contribution in [2.45, 2.75) is 83.1 Å². The fourth-order valence-corrected chi connectivity index (χ4v) is 11.8. The van der Waals surface area contributed by atoms with E-state index in [0.29, 0.717) is 0 Å². The summed E-state index contributed by atoms with van der Waals surface area (Å²) in [5, 5.41) is 0. The summed E-state index contributed by atoms with van der Waals surface area (Å²) < 4.78 is 2.78. The minimum absolute atomic E-state index is 0.205. The molecule has 0 amide bonds. The van der Waals surface area contributed by atoms with Crippen molar-refractivity contribution in [1.29, 1.82) is 0 Å². The van der Waals surface area contributed by atoms with Crippen LogP contribution in [-0.2, 0) is 0 Å². The molecule has 0 saturated heterocycles. The van der Waals surface area contributed by atoms with Gasteiger partial charge in [-0.15, -0.1) is 22.7 Å². The molecule has 0 aliphatic rings. The van der Waals surface area contributed by atoms with Gasteiger partial charge < -0.3 is 0 Å². The Kier molecular flexibility index (Phi) is 12.2. The van der Waals surface area contributed by atoms with Crippen LogP contribution in [0.1, 0.15) is 87.6 Å². The lowest BCUT2D eigenvalue weighted by atomic mass is 9.37. The van der Waals surface area contributed by atoms with Crippen LogP contribution in [-0.4, -0.2) is 13.4 Å². The monoisotopic (exact) mass is 790 g/mol. The Bertz CT molecular complexity index is 2310. The smallest absolute Gasteiger partial charge is 0.150 e.